The van der Waals surface area contributed by atoms with Crippen molar-refractivity contribution in [1.82, 2.24) is 15.0 Å². The zero-order chi connectivity index (χ0) is 42.3. The van der Waals surface area contributed by atoms with Crippen molar-refractivity contribution in [2.75, 3.05) is 0 Å². The van der Waals surface area contributed by atoms with Crippen LogP contribution < -0.4 is 0 Å². The minimum atomic E-state index is -0.528. The summed E-state index contributed by atoms with van der Waals surface area (Å²) in [5, 5.41) is 3.26. The van der Waals surface area contributed by atoms with Gasteiger partial charge in [0.1, 0.15) is 0 Å². The van der Waals surface area contributed by atoms with Gasteiger partial charge in [-0.1, -0.05) is 157 Å². The van der Waals surface area contributed by atoms with Gasteiger partial charge in [0.05, 0.1) is 16.4 Å². The fourth-order valence-corrected chi connectivity index (χ4v) is 5.95. The van der Waals surface area contributed by atoms with Crippen LogP contribution in [0.2, 0.25) is 0 Å². The van der Waals surface area contributed by atoms with E-state index in [4.69, 9.17) is 31.4 Å². The molecule has 1 aromatic heterocycles. The van der Waals surface area contributed by atoms with Crippen molar-refractivity contribution in [1.29, 1.82) is 0 Å². The van der Waals surface area contributed by atoms with Crippen LogP contribution in [0, 0.1) is 0 Å². The summed E-state index contributed by atoms with van der Waals surface area (Å²) in [5.74, 6) is 0.974. The number of nitrogens with zero attached hydrogens (tertiary/aromatic N) is 3. The first kappa shape index (κ1) is 18.0. The van der Waals surface area contributed by atoms with Gasteiger partial charge in [0.15, 0.2) is 17.5 Å². The molecule has 224 valence electrons. The molecule has 0 amide bonds. The van der Waals surface area contributed by atoms with Gasteiger partial charge in [-0.2, -0.15) is 0 Å². The average Bonchev–Trinajstić information content (AvgIpc) is 3.27. The van der Waals surface area contributed by atoms with Gasteiger partial charge in [-0.3, -0.25) is 0 Å². The maximum atomic E-state index is 8.92. The van der Waals surface area contributed by atoms with Crippen LogP contribution in [0.3, 0.4) is 0 Å². The Kier molecular flexibility index (Phi) is 4.41. The molecule has 3 heteroatoms. The maximum absolute atomic E-state index is 8.92. The molecule has 0 radical (unpaired) electrons. The van der Waals surface area contributed by atoms with Gasteiger partial charge in [0.25, 0.3) is 0 Å². The molecule has 0 unspecified atom stereocenters. The summed E-state index contributed by atoms with van der Waals surface area (Å²) < 4.78 is 101. The number of hydrogen-bond donors (Lipinski definition) is 0. The van der Waals surface area contributed by atoms with Crippen LogP contribution >= 0.6 is 0 Å². The molecule has 0 N–H and O–H groups in total. The lowest BCUT2D eigenvalue weighted by Crippen LogP contribution is -2.00. The first-order valence-electron chi connectivity index (χ1n) is 21.2. The van der Waals surface area contributed by atoms with Crippen LogP contribution in [0.25, 0.3) is 88.7 Å². The highest BCUT2D eigenvalue weighted by Gasteiger charge is 2.16. The largest absolute Gasteiger partial charge is 0.208 e. The summed E-state index contributed by atoms with van der Waals surface area (Å²) >= 11 is 0. The van der Waals surface area contributed by atoms with Gasteiger partial charge in [-0.15, -0.1) is 0 Å². The van der Waals surface area contributed by atoms with E-state index in [1.165, 1.54) is 0 Å². The molecule has 48 heavy (non-hydrogen) atoms. The Balaban J connectivity index is 1.23. The zero-order valence-corrected chi connectivity index (χ0v) is 25.2. The lowest BCUT2D eigenvalue weighted by molar-refractivity contribution is 1.08. The van der Waals surface area contributed by atoms with E-state index in [1.807, 2.05) is 66.7 Å². The molecule has 0 bridgehead atoms. The highest BCUT2D eigenvalue weighted by atomic mass is 15.0. The smallest absolute Gasteiger partial charge is 0.164 e. The van der Waals surface area contributed by atoms with Crippen LogP contribution in [-0.2, 0) is 0 Å². The molecule has 9 rings (SSSR count). The summed E-state index contributed by atoms with van der Waals surface area (Å²) in [4.78, 5) is 14.9. The Morgan fingerprint density at radius 2 is 0.979 bits per heavy atom. The first-order chi connectivity index (χ1) is 28.7. The lowest BCUT2D eigenvalue weighted by Gasteiger charge is -2.12. The lowest BCUT2D eigenvalue weighted by atomic mass is 9.97. The molecule has 0 spiro atoms. The summed E-state index contributed by atoms with van der Waals surface area (Å²) in [5.41, 5.74) is 2.92. The molecular weight excluding hydrogens is 583 g/mol. The molecule has 3 nitrogen and oxygen atoms in total. The predicted octanol–water partition coefficient (Wildman–Crippen LogP) is 11.7. The maximum Gasteiger partial charge on any atom is 0.164 e. The van der Waals surface area contributed by atoms with Crippen molar-refractivity contribution < 1.29 is 16.4 Å². The highest BCUT2D eigenvalue weighted by molar-refractivity contribution is 5.98. The summed E-state index contributed by atoms with van der Waals surface area (Å²) in [7, 11) is 0. The van der Waals surface area contributed by atoms with Crippen molar-refractivity contribution in [3.05, 3.63) is 176 Å². The number of rotatable bonds is 5. The van der Waals surface area contributed by atoms with Crippen LogP contribution in [0.4, 0.5) is 0 Å². The van der Waals surface area contributed by atoms with Crippen LogP contribution in [0.15, 0.2) is 176 Å². The number of fused-ring (bicyclic) bond motifs is 3. The van der Waals surface area contributed by atoms with Crippen LogP contribution in [-0.4, -0.2) is 15.0 Å². The van der Waals surface area contributed by atoms with Crippen molar-refractivity contribution >= 4 is 32.3 Å². The standard InChI is InChI=1S/C45H29N3/c1-2-11-30(12-3-1)33-23-24-35-28-38(26-25-34(35)27-33)44-46-43(47-45(48-44)42-22-10-16-32-14-5-7-20-40(32)42)37-18-8-17-36(29-37)41-21-9-15-31-13-4-6-19-39(31)41/h1-29H/i1D,2D,3D,4D,6D,9D,11D,12D,13D,15D,19D,21D. The molecule has 0 fully saturated rings. The van der Waals surface area contributed by atoms with Gasteiger partial charge >= 0.3 is 0 Å². The average molecular weight is 624 g/mol. The second-order valence-electron chi connectivity index (χ2n) is 11.2. The first-order valence-corrected chi connectivity index (χ1v) is 15.2. The summed E-state index contributed by atoms with van der Waals surface area (Å²) in [6.07, 6.45) is 0. The Morgan fingerprint density at radius 3 is 1.85 bits per heavy atom. The van der Waals surface area contributed by atoms with E-state index in [9.17, 15) is 0 Å². The SMILES string of the molecule is [2H]c1c([2H])c([2H])c(-c2ccc3cc(-c4nc(-c5cccc(-c6c([2H])c([2H])c([2H])c7c([2H])c([2H])c([2H])c([2H])c67)c5)nc(-c5cccc6ccccc56)n4)ccc3c2)c([2H])c1[2H]. The van der Waals surface area contributed by atoms with E-state index >= 15 is 0 Å². The fraction of sp³-hybridized carbons (Fsp3) is 0. The quantitative estimate of drug-likeness (QED) is 0.191. The van der Waals surface area contributed by atoms with Crippen molar-refractivity contribution in [3.63, 3.8) is 0 Å². The van der Waals surface area contributed by atoms with E-state index in [-0.39, 0.29) is 45.9 Å². The topological polar surface area (TPSA) is 38.7 Å². The van der Waals surface area contributed by atoms with Gasteiger partial charge in [0.2, 0.25) is 0 Å². The van der Waals surface area contributed by atoms with Crippen LogP contribution in [0.1, 0.15) is 16.4 Å². The Morgan fingerprint density at radius 1 is 0.333 bits per heavy atom. The number of benzene rings is 8. The molecule has 0 saturated heterocycles. The Hall–Kier alpha value is -6.45. The molecule has 0 aliphatic rings. The minimum Gasteiger partial charge on any atom is -0.208 e. The number of hydrogen-bond acceptors (Lipinski definition) is 3. The van der Waals surface area contributed by atoms with E-state index in [0.717, 1.165) is 27.1 Å². The molecule has 0 aliphatic heterocycles. The molecule has 9 aromatic rings. The molecule has 0 saturated carbocycles. The van der Waals surface area contributed by atoms with Crippen LogP contribution in [0.5, 0.6) is 0 Å². The fourth-order valence-electron chi connectivity index (χ4n) is 5.95. The molecule has 1 heterocycles. The monoisotopic (exact) mass is 623 g/mol. The third-order valence-corrected chi connectivity index (χ3v) is 8.28. The van der Waals surface area contributed by atoms with E-state index < -0.39 is 54.4 Å². The molecule has 0 aliphatic carbocycles. The highest BCUT2D eigenvalue weighted by Crippen LogP contribution is 2.34. The third-order valence-electron chi connectivity index (χ3n) is 8.28. The van der Waals surface area contributed by atoms with Gasteiger partial charge in [0, 0.05) is 16.7 Å². The van der Waals surface area contributed by atoms with Gasteiger partial charge < -0.3 is 0 Å². The van der Waals surface area contributed by atoms with Crippen molar-refractivity contribution in [3.8, 4) is 56.4 Å². The summed E-state index contributed by atoms with van der Waals surface area (Å²) in [6.45, 7) is 0. The van der Waals surface area contributed by atoms with E-state index in [2.05, 4.69) is 0 Å². The summed E-state index contributed by atoms with van der Waals surface area (Å²) in [6, 6.07) is 26.4. The van der Waals surface area contributed by atoms with E-state index in [0.29, 0.717) is 33.9 Å². The minimum absolute atomic E-state index is 0.0252. The molecule has 0 atom stereocenters. The molecular formula is C45H29N3. The van der Waals surface area contributed by atoms with Crippen molar-refractivity contribution in [2.24, 2.45) is 0 Å². The Labute approximate surface area is 295 Å². The third kappa shape index (κ3) is 5.08. The second-order valence-corrected chi connectivity index (χ2v) is 11.2. The number of aromatic nitrogens is 3. The predicted molar refractivity (Wildman–Crippen MR) is 200 cm³/mol. The normalized spacial score (nSPS) is 14.8. The second kappa shape index (κ2) is 11.7. The van der Waals surface area contributed by atoms with E-state index in [1.54, 1.807) is 36.4 Å². The van der Waals surface area contributed by atoms with Gasteiger partial charge in [-0.25, -0.2) is 15.0 Å². The molecule has 8 aromatic carbocycles. The van der Waals surface area contributed by atoms with Gasteiger partial charge in [-0.05, 0) is 72.8 Å². The Bertz CT molecular complexity index is 3270. The van der Waals surface area contributed by atoms with Crippen molar-refractivity contribution in [2.45, 2.75) is 0 Å². The zero-order valence-electron chi connectivity index (χ0n) is 37.2.